The van der Waals surface area contributed by atoms with Gasteiger partial charge in [0.1, 0.15) is 9.47 Å². The van der Waals surface area contributed by atoms with Crippen molar-refractivity contribution in [3.63, 3.8) is 0 Å². The summed E-state index contributed by atoms with van der Waals surface area (Å²) in [7, 11) is 0. The molecule has 2 amide bonds. The summed E-state index contributed by atoms with van der Waals surface area (Å²) in [6.07, 6.45) is -1.72. The predicted octanol–water partition coefficient (Wildman–Crippen LogP) is 3.68. The molecular formula is C9H10BrClN2O4S. The first-order valence-corrected chi connectivity index (χ1v) is 6.91. The van der Waals surface area contributed by atoms with Gasteiger partial charge in [-0.2, -0.15) is 9.27 Å². The Kier molecular flexibility index (Phi) is 5.83. The van der Waals surface area contributed by atoms with Crippen LogP contribution in [-0.4, -0.2) is 29.8 Å². The highest BCUT2D eigenvalue weighted by molar-refractivity contribution is 9.11. The Bertz CT molecular complexity index is 416. The molecule has 0 aliphatic heterocycles. The second kappa shape index (κ2) is 6.91. The molecule has 0 unspecified atom stereocenters. The fraction of sp³-hybridized carbons (Fsp3) is 0.444. The Morgan fingerprint density at radius 3 is 2.17 bits per heavy atom. The molecule has 6 nitrogen and oxygen atoms in total. The highest BCUT2D eigenvalue weighted by atomic mass is 79.9. The van der Waals surface area contributed by atoms with Crippen molar-refractivity contribution in [3.05, 3.63) is 8.94 Å². The Morgan fingerprint density at radius 1 is 1.33 bits per heavy atom. The Balaban J connectivity index is 3.12. The third kappa shape index (κ3) is 3.33. The maximum atomic E-state index is 11.8. The topological polar surface area (TPSA) is 68.7 Å². The minimum Gasteiger partial charge on any atom is -0.449 e. The third-order valence-corrected chi connectivity index (χ3v) is 3.51. The van der Waals surface area contributed by atoms with Gasteiger partial charge in [-0.25, -0.2) is 9.59 Å². The largest absolute Gasteiger partial charge is 0.449 e. The highest BCUT2D eigenvalue weighted by Crippen LogP contribution is 2.37. The summed E-state index contributed by atoms with van der Waals surface area (Å²) in [5, 5.41) is 0.0213. The quantitative estimate of drug-likeness (QED) is 0.825. The average molecular weight is 358 g/mol. The molecule has 0 bridgehead atoms. The van der Waals surface area contributed by atoms with E-state index in [2.05, 4.69) is 20.3 Å². The van der Waals surface area contributed by atoms with E-state index < -0.39 is 12.2 Å². The van der Waals surface area contributed by atoms with E-state index in [1.165, 1.54) is 0 Å². The molecule has 0 aliphatic rings. The first-order chi connectivity index (χ1) is 8.52. The summed E-state index contributed by atoms with van der Waals surface area (Å²) in [6.45, 7) is 3.51. The number of anilines is 1. The van der Waals surface area contributed by atoms with Crippen LogP contribution in [-0.2, 0) is 9.47 Å². The van der Waals surface area contributed by atoms with Gasteiger partial charge >= 0.3 is 12.2 Å². The minimum absolute atomic E-state index is 0.0213. The number of carbonyl (C=O) groups is 2. The van der Waals surface area contributed by atoms with Crippen molar-refractivity contribution in [3.8, 4) is 0 Å². The Hall–Kier alpha value is -0.860. The molecular weight excluding hydrogens is 348 g/mol. The zero-order valence-corrected chi connectivity index (χ0v) is 12.8. The monoisotopic (exact) mass is 356 g/mol. The van der Waals surface area contributed by atoms with Gasteiger partial charge in [-0.05, 0) is 41.3 Å². The zero-order chi connectivity index (χ0) is 13.7. The lowest BCUT2D eigenvalue weighted by molar-refractivity contribution is 0.140. The number of rotatable bonds is 3. The first kappa shape index (κ1) is 15.2. The van der Waals surface area contributed by atoms with Crippen LogP contribution in [0.5, 0.6) is 0 Å². The number of ether oxygens (including phenoxy) is 2. The molecule has 0 N–H and O–H groups in total. The van der Waals surface area contributed by atoms with Gasteiger partial charge in [0.25, 0.3) is 0 Å². The van der Waals surface area contributed by atoms with E-state index in [-0.39, 0.29) is 24.1 Å². The fourth-order valence-electron chi connectivity index (χ4n) is 1.06. The van der Waals surface area contributed by atoms with Crippen LogP contribution in [0.4, 0.5) is 15.3 Å². The number of amides is 2. The molecule has 1 heterocycles. The molecule has 0 fully saturated rings. The van der Waals surface area contributed by atoms with E-state index in [9.17, 15) is 9.59 Å². The van der Waals surface area contributed by atoms with Gasteiger partial charge < -0.3 is 9.47 Å². The van der Waals surface area contributed by atoms with Gasteiger partial charge in [0.15, 0.2) is 5.15 Å². The van der Waals surface area contributed by atoms with Crippen LogP contribution in [0.15, 0.2) is 3.79 Å². The molecule has 1 aromatic rings. The van der Waals surface area contributed by atoms with Crippen LogP contribution in [0.25, 0.3) is 0 Å². The van der Waals surface area contributed by atoms with Crippen LogP contribution in [0.1, 0.15) is 13.8 Å². The molecule has 0 radical (unpaired) electrons. The van der Waals surface area contributed by atoms with Gasteiger partial charge in [-0.3, -0.25) is 0 Å². The summed E-state index contributed by atoms with van der Waals surface area (Å²) in [4.78, 5) is 24.2. The maximum absolute atomic E-state index is 11.8. The van der Waals surface area contributed by atoms with E-state index in [4.69, 9.17) is 21.1 Å². The lowest BCUT2D eigenvalue weighted by Crippen LogP contribution is -2.38. The molecule has 0 aromatic carbocycles. The lowest BCUT2D eigenvalue weighted by Gasteiger charge is -2.18. The van der Waals surface area contributed by atoms with Crippen molar-refractivity contribution < 1.29 is 19.1 Å². The van der Waals surface area contributed by atoms with Crippen LogP contribution in [0.2, 0.25) is 5.15 Å². The smallest absolute Gasteiger partial charge is 0.424 e. The molecule has 18 heavy (non-hydrogen) atoms. The predicted molar refractivity (Wildman–Crippen MR) is 71.3 cm³/mol. The summed E-state index contributed by atoms with van der Waals surface area (Å²) in [6, 6.07) is 0. The van der Waals surface area contributed by atoms with E-state index in [0.29, 0.717) is 8.69 Å². The number of hydrogen-bond acceptors (Lipinski definition) is 6. The van der Waals surface area contributed by atoms with Gasteiger partial charge in [-0.1, -0.05) is 11.6 Å². The number of aromatic nitrogens is 1. The van der Waals surface area contributed by atoms with Crippen LogP contribution in [0, 0.1) is 0 Å². The second-order valence-electron chi connectivity index (χ2n) is 2.83. The van der Waals surface area contributed by atoms with Crippen molar-refractivity contribution in [2.75, 3.05) is 18.1 Å². The minimum atomic E-state index is -0.862. The molecule has 1 rings (SSSR count). The second-order valence-corrected chi connectivity index (χ2v) is 5.28. The molecule has 1 aromatic heterocycles. The normalized spacial score (nSPS) is 10.0. The van der Waals surface area contributed by atoms with Crippen molar-refractivity contribution in [1.82, 2.24) is 4.37 Å². The average Bonchev–Trinajstić information content (AvgIpc) is 2.62. The van der Waals surface area contributed by atoms with Gasteiger partial charge in [-0.15, -0.1) is 0 Å². The van der Waals surface area contributed by atoms with E-state index in [1.807, 2.05) is 0 Å². The van der Waals surface area contributed by atoms with E-state index in [1.54, 1.807) is 13.8 Å². The van der Waals surface area contributed by atoms with Gasteiger partial charge in [0.2, 0.25) is 0 Å². The fourth-order valence-corrected chi connectivity index (χ4v) is 2.62. The van der Waals surface area contributed by atoms with Crippen molar-refractivity contribution in [2.24, 2.45) is 0 Å². The van der Waals surface area contributed by atoms with Crippen LogP contribution in [0.3, 0.4) is 0 Å². The first-order valence-electron chi connectivity index (χ1n) is 4.97. The Labute approximate surface area is 121 Å². The van der Waals surface area contributed by atoms with Gasteiger partial charge in [0.05, 0.1) is 13.2 Å². The SMILES string of the molecule is CCOC(=O)N(C(=O)OCC)c1c(Cl)nsc1Br. The number of halogens is 2. The van der Waals surface area contributed by atoms with E-state index in [0.717, 1.165) is 11.5 Å². The number of hydrogen-bond donors (Lipinski definition) is 0. The van der Waals surface area contributed by atoms with E-state index >= 15 is 0 Å². The molecule has 0 saturated carbocycles. The summed E-state index contributed by atoms with van der Waals surface area (Å²) in [5.41, 5.74) is 0.124. The van der Waals surface area contributed by atoms with Crippen LogP contribution < -0.4 is 4.90 Å². The summed E-state index contributed by atoms with van der Waals surface area (Å²) >= 11 is 10.0. The molecule has 0 saturated heterocycles. The van der Waals surface area contributed by atoms with Gasteiger partial charge in [0, 0.05) is 0 Å². The third-order valence-electron chi connectivity index (χ3n) is 1.71. The number of carbonyl (C=O) groups excluding carboxylic acids is 2. The molecule has 0 atom stereocenters. The van der Waals surface area contributed by atoms with Crippen molar-refractivity contribution >= 4 is 56.9 Å². The number of imide groups is 1. The summed E-state index contributed by atoms with van der Waals surface area (Å²) < 4.78 is 13.8. The lowest BCUT2D eigenvalue weighted by atomic mass is 10.5. The molecule has 0 aliphatic carbocycles. The van der Waals surface area contributed by atoms with Crippen LogP contribution >= 0.6 is 39.1 Å². The van der Waals surface area contributed by atoms with Crippen molar-refractivity contribution in [2.45, 2.75) is 13.8 Å². The highest BCUT2D eigenvalue weighted by Gasteiger charge is 2.31. The standard InChI is InChI=1S/C9H10BrClN2O4S/c1-3-16-8(14)13(9(15)17-4-2)5-6(10)18-12-7(5)11/h3-4H2,1-2H3. The molecule has 100 valence electrons. The number of nitrogens with zero attached hydrogens (tertiary/aromatic N) is 2. The summed E-state index contributed by atoms with van der Waals surface area (Å²) in [5.74, 6) is 0. The zero-order valence-electron chi connectivity index (χ0n) is 9.61. The maximum Gasteiger partial charge on any atom is 0.424 e. The Morgan fingerprint density at radius 2 is 1.83 bits per heavy atom. The molecule has 0 spiro atoms. The van der Waals surface area contributed by atoms with Crippen molar-refractivity contribution in [1.29, 1.82) is 0 Å². The molecule has 9 heteroatoms.